The minimum absolute atomic E-state index is 0.0128. The van der Waals surface area contributed by atoms with Gasteiger partial charge in [0.2, 0.25) is 11.8 Å². The van der Waals surface area contributed by atoms with E-state index in [1.54, 1.807) is 17.9 Å². The van der Waals surface area contributed by atoms with Gasteiger partial charge in [0.25, 0.3) is 0 Å². The van der Waals surface area contributed by atoms with E-state index in [-0.39, 0.29) is 29.8 Å². The molecule has 1 aliphatic carbocycles. The van der Waals surface area contributed by atoms with Crippen LogP contribution in [0.15, 0.2) is 18.2 Å². The molecule has 2 amide bonds. The molecule has 1 unspecified atom stereocenters. The highest BCUT2D eigenvalue weighted by Crippen LogP contribution is 2.49. The number of esters is 1. The maximum absolute atomic E-state index is 13.0. The van der Waals surface area contributed by atoms with Crippen LogP contribution in [-0.2, 0) is 19.9 Å². The molecule has 8 nitrogen and oxygen atoms in total. The zero-order valence-electron chi connectivity index (χ0n) is 21.0. The molecule has 4 aliphatic rings. The van der Waals surface area contributed by atoms with E-state index in [9.17, 15) is 14.4 Å². The summed E-state index contributed by atoms with van der Waals surface area (Å²) in [5, 5.41) is 0. The average Bonchev–Trinajstić information content (AvgIpc) is 3.59. The number of benzene rings is 1. The fourth-order valence-electron chi connectivity index (χ4n) is 6.18. The van der Waals surface area contributed by atoms with Gasteiger partial charge in [-0.2, -0.15) is 0 Å². The van der Waals surface area contributed by atoms with E-state index in [4.69, 9.17) is 9.47 Å². The molecule has 1 saturated carbocycles. The van der Waals surface area contributed by atoms with Crippen LogP contribution < -0.4 is 4.74 Å². The Hall–Kier alpha value is -2.61. The molecule has 1 spiro atoms. The number of likely N-dealkylation sites (tertiary alicyclic amines) is 2. The lowest BCUT2D eigenvalue weighted by atomic mass is 9.74. The molecule has 1 aromatic rings. The predicted molar refractivity (Wildman–Crippen MR) is 130 cm³/mol. The molecule has 0 N–H and O–H groups in total. The van der Waals surface area contributed by atoms with E-state index in [1.807, 2.05) is 24.1 Å². The number of rotatable bonds is 6. The number of ether oxygens (including phenoxy) is 2. The highest BCUT2D eigenvalue weighted by Gasteiger charge is 2.49. The van der Waals surface area contributed by atoms with Gasteiger partial charge in [0, 0.05) is 51.5 Å². The highest BCUT2D eigenvalue weighted by atomic mass is 16.6. The summed E-state index contributed by atoms with van der Waals surface area (Å²) in [5.41, 5.74) is 0.852. The van der Waals surface area contributed by atoms with Gasteiger partial charge < -0.3 is 24.2 Å². The minimum atomic E-state index is -0.630. The molecular formula is C27H37N3O5. The fourth-order valence-corrected chi connectivity index (χ4v) is 6.18. The summed E-state index contributed by atoms with van der Waals surface area (Å²) in [6, 6.07) is 5.64. The molecule has 3 fully saturated rings. The van der Waals surface area contributed by atoms with Gasteiger partial charge in [-0.15, -0.1) is 0 Å². The third kappa shape index (κ3) is 4.90. The summed E-state index contributed by atoms with van der Waals surface area (Å²) in [6.45, 7) is 6.84. The quantitative estimate of drug-likeness (QED) is 0.579. The Morgan fingerprint density at radius 2 is 1.89 bits per heavy atom. The second kappa shape index (κ2) is 9.80. The molecule has 3 heterocycles. The Morgan fingerprint density at radius 1 is 1.14 bits per heavy atom. The predicted octanol–water partition coefficient (Wildman–Crippen LogP) is 2.80. The Bertz CT molecular complexity index is 981. The van der Waals surface area contributed by atoms with E-state index >= 15 is 0 Å². The summed E-state index contributed by atoms with van der Waals surface area (Å²) in [4.78, 5) is 43.5. The van der Waals surface area contributed by atoms with Crippen LogP contribution in [0.5, 0.6) is 5.75 Å². The monoisotopic (exact) mass is 483 g/mol. The van der Waals surface area contributed by atoms with Crippen LogP contribution in [-0.4, -0.2) is 84.9 Å². The van der Waals surface area contributed by atoms with Gasteiger partial charge in [0.05, 0.1) is 12.1 Å². The van der Waals surface area contributed by atoms with E-state index in [2.05, 4.69) is 4.90 Å². The van der Waals surface area contributed by atoms with Gasteiger partial charge in [-0.05, 0) is 63.7 Å². The van der Waals surface area contributed by atoms with Crippen LogP contribution in [0.1, 0.15) is 67.8 Å². The van der Waals surface area contributed by atoms with Crippen molar-refractivity contribution in [2.75, 3.05) is 46.3 Å². The maximum Gasteiger partial charge on any atom is 0.339 e. The van der Waals surface area contributed by atoms with Crippen LogP contribution >= 0.6 is 0 Å². The molecule has 8 heteroatoms. The van der Waals surface area contributed by atoms with Crippen LogP contribution in [0, 0.1) is 5.92 Å². The summed E-state index contributed by atoms with van der Waals surface area (Å²) < 4.78 is 12.0. The molecule has 3 aliphatic heterocycles. The highest BCUT2D eigenvalue weighted by molar-refractivity contribution is 5.95. The van der Waals surface area contributed by atoms with Crippen molar-refractivity contribution in [2.45, 2.75) is 63.6 Å². The molecule has 35 heavy (non-hydrogen) atoms. The first-order chi connectivity index (χ1) is 16.8. The first-order valence-electron chi connectivity index (χ1n) is 13.1. The molecule has 1 atom stereocenters. The normalized spacial score (nSPS) is 28.3. The van der Waals surface area contributed by atoms with Crippen molar-refractivity contribution in [1.82, 2.24) is 14.7 Å². The molecule has 0 bridgehead atoms. The van der Waals surface area contributed by atoms with Gasteiger partial charge in [0.15, 0.2) is 0 Å². The number of fused-ring (bicyclic) bond motifs is 2. The maximum atomic E-state index is 13.0. The van der Waals surface area contributed by atoms with Crippen molar-refractivity contribution >= 4 is 17.8 Å². The molecule has 5 rings (SSSR count). The lowest BCUT2D eigenvalue weighted by Crippen LogP contribution is -2.41. The summed E-state index contributed by atoms with van der Waals surface area (Å²) in [5.74, 6) is 0.582. The zero-order chi connectivity index (χ0) is 24.6. The topological polar surface area (TPSA) is 79.4 Å². The summed E-state index contributed by atoms with van der Waals surface area (Å²) >= 11 is 0. The van der Waals surface area contributed by atoms with Gasteiger partial charge in [-0.3, -0.25) is 9.59 Å². The number of carbonyl (C=O) groups excluding carboxylic acids is 3. The second-order valence-corrected chi connectivity index (χ2v) is 10.7. The Morgan fingerprint density at radius 3 is 2.57 bits per heavy atom. The molecular weight excluding hydrogens is 446 g/mol. The van der Waals surface area contributed by atoms with Crippen LogP contribution in [0.4, 0.5) is 0 Å². The minimum Gasteiger partial charge on any atom is -0.488 e. The Kier molecular flexibility index (Phi) is 6.75. The van der Waals surface area contributed by atoms with Crippen molar-refractivity contribution < 1.29 is 23.9 Å². The first-order valence-corrected chi connectivity index (χ1v) is 13.1. The van der Waals surface area contributed by atoms with Gasteiger partial charge in [-0.25, -0.2) is 4.79 Å². The van der Waals surface area contributed by atoms with Crippen molar-refractivity contribution in [3.05, 3.63) is 29.3 Å². The number of nitrogens with zero attached hydrogens (tertiary/aromatic N) is 3. The van der Waals surface area contributed by atoms with Crippen molar-refractivity contribution in [3.63, 3.8) is 0 Å². The molecule has 190 valence electrons. The third-order valence-electron chi connectivity index (χ3n) is 8.35. The largest absolute Gasteiger partial charge is 0.488 e. The van der Waals surface area contributed by atoms with Crippen LogP contribution in [0.3, 0.4) is 0 Å². The van der Waals surface area contributed by atoms with E-state index < -0.39 is 5.60 Å². The van der Waals surface area contributed by atoms with Gasteiger partial charge in [-0.1, -0.05) is 6.07 Å². The van der Waals surface area contributed by atoms with E-state index in [0.29, 0.717) is 37.2 Å². The fraction of sp³-hybridized carbons (Fsp3) is 0.667. The number of hydrogen-bond donors (Lipinski definition) is 0. The third-order valence-corrected chi connectivity index (χ3v) is 8.35. The van der Waals surface area contributed by atoms with Gasteiger partial charge in [0.1, 0.15) is 17.5 Å². The standard InChI is InChI=1S/C27H37N3O5/c1-19(31)30-14-9-22(18-30)34-21-5-6-24-23(17-21)26(33)35-27(24)10-7-20(8-11-27)25(32)28(2)15-16-29-12-3-4-13-29/h5-6,17,20,22H,3-4,7-16,18H2,1-2H3. The lowest BCUT2D eigenvalue weighted by molar-refractivity contribution is -0.137. The van der Waals surface area contributed by atoms with Crippen LogP contribution in [0.25, 0.3) is 0 Å². The summed E-state index contributed by atoms with van der Waals surface area (Å²) in [6.07, 6.45) is 6.02. The van der Waals surface area contributed by atoms with Crippen LogP contribution in [0.2, 0.25) is 0 Å². The SMILES string of the molecule is CC(=O)N1CCC(Oc2ccc3c(c2)C(=O)OC32CCC(C(=O)N(C)CCN3CCCC3)CC2)C1. The summed E-state index contributed by atoms with van der Waals surface area (Å²) in [7, 11) is 1.91. The van der Waals surface area contributed by atoms with Crippen molar-refractivity contribution in [1.29, 1.82) is 0 Å². The lowest BCUT2D eigenvalue weighted by Gasteiger charge is -2.37. The first kappa shape index (κ1) is 24.1. The van der Waals surface area contributed by atoms with E-state index in [1.165, 1.54) is 12.8 Å². The second-order valence-electron chi connectivity index (χ2n) is 10.7. The van der Waals surface area contributed by atoms with Crippen molar-refractivity contribution in [2.24, 2.45) is 5.92 Å². The average molecular weight is 484 g/mol. The smallest absolute Gasteiger partial charge is 0.339 e. The Balaban J connectivity index is 1.18. The number of hydrogen-bond acceptors (Lipinski definition) is 6. The van der Waals surface area contributed by atoms with E-state index in [0.717, 1.165) is 51.0 Å². The van der Waals surface area contributed by atoms with Gasteiger partial charge >= 0.3 is 5.97 Å². The number of amides is 2. The number of likely N-dealkylation sites (N-methyl/N-ethyl adjacent to an activating group) is 1. The van der Waals surface area contributed by atoms with Crippen molar-refractivity contribution in [3.8, 4) is 5.75 Å². The molecule has 1 aromatic carbocycles. The molecule has 0 aromatic heterocycles. The molecule has 2 saturated heterocycles. The number of carbonyl (C=O) groups is 3. The zero-order valence-corrected chi connectivity index (χ0v) is 21.0. The Labute approximate surface area is 207 Å². The molecule has 0 radical (unpaired) electrons.